The van der Waals surface area contributed by atoms with Gasteiger partial charge in [-0.15, -0.1) is 0 Å². The van der Waals surface area contributed by atoms with Crippen LogP contribution in [-0.2, 0) is 4.79 Å². The molecule has 1 amide bonds. The second-order valence-corrected chi connectivity index (χ2v) is 5.49. The third-order valence-corrected chi connectivity index (χ3v) is 3.80. The lowest BCUT2D eigenvalue weighted by Crippen LogP contribution is -2.14. The molecule has 25 heavy (non-hydrogen) atoms. The van der Waals surface area contributed by atoms with E-state index in [2.05, 4.69) is 5.32 Å². The van der Waals surface area contributed by atoms with Gasteiger partial charge in [-0.2, -0.15) is 0 Å². The monoisotopic (exact) mass is 329 g/mol. The SMILES string of the molecule is COc1ccccc1NC(=O)/C(=C/c1ccccc1)c1ccccc1. The smallest absolute Gasteiger partial charge is 0.256 e. The summed E-state index contributed by atoms with van der Waals surface area (Å²) in [6, 6.07) is 26.8. The van der Waals surface area contributed by atoms with Gasteiger partial charge in [-0.1, -0.05) is 72.8 Å². The van der Waals surface area contributed by atoms with Crippen LogP contribution in [0.3, 0.4) is 0 Å². The Morgan fingerprint density at radius 2 is 1.44 bits per heavy atom. The molecule has 0 aromatic heterocycles. The van der Waals surface area contributed by atoms with E-state index >= 15 is 0 Å². The molecule has 0 saturated heterocycles. The highest BCUT2D eigenvalue weighted by molar-refractivity contribution is 6.29. The number of nitrogens with one attached hydrogen (secondary N) is 1. The summed E-state index contributed by atoms with van der Waals surface area (Å²) in [7, 11) is 1.59. The summed E-state index contributed by atoms with van der Waals surface area (Å²) >= 11 is 0. The number of para-hydroxylation sites is 2. The van der Waals surface area contributed by atoms with E-state index in [1.165, 1.54) is 0 Å². The Morgan fingerprint density at radius 3 is 2.12 bits per heavy atom. The first-order chi connectivity index (χ1) is 12.3. The van der Waals surface area contributed by atoms with E-state index in [1.54, 1.807) is 7.11 Å². The Balaban J connectivity index is 1.97. The highest BCUT2D eigenvalue weighted by Gasteiger charge is 2.14. The number of hydrogen-bond acceptors (Lipinski definition) is 2. The molecule has 3 rings (SSSR count). The first-order valence-corrected chi connectivity index (χ1v) is 8.04. The first kappa shape index (κ1) is 16.5. The second kappa shape index (κ2) is 7.97. The number of ether oxygens (including phenoxy) is 1. The molecule has 0 aliphatic rings. The maximum atomic E-state index is 13.0. The fourth-order valence-corrected chi connectivity index (χ4v) is 2.55. The Morgan fingerprint density at radius 1 is 0.840 bits per heavy atom. The summed E-state index contributed by atoms with van der Waals surface area (Å²) in [5.41, 5.74) is 3.07. The molecule has 3 heteroatoms. The van der Waals surface area contributed by atoms with Crippen LogP contribution in [0.2, 0.25) is 0 Å². The molecular formula is C22H19NO2. The third kappa shape index (κ3) is 4.15. The van der Waals surface area contributed by atoms with Crippen LogP contribution < -0.4 is 10.1 Å². The molecule has 3 aromatic rings. The van der Waals surface area contributed by atoms with E-state index in [0.717, 1.165) is 11.1 Å². The van der Waals surface area contributed by atoms with E-state index < -0.39 is 0 Å². The lowest BCUT2D eigenvalue weighted by Gasteiger charge is -2.12. The van der Waals surface area contributed by atoms with Crippen molar-refractivity contribution in [3.05, 3.63) is 96.1 Å². The zero-order valence-corrected chi connectivity index (χ0v) is 14.0. The predicted octanol–water partition coefficient (Wildman–Crippen LogP) is 4.87. The van der Waals surface area contributed by atoms with Gasteiger partial charge < -0.3 is 10.1 Å². The fraction of sp³-hybridized carbons (Fsp3) is 0.0455. The Labute approximate surface area is 147 Å². The molecule has 3 aromatic carbocycles. The van der Waals surface area contributed by atoms with Gasteiger partial charge in [0.15, 0.2) is 0 Å². The maximum absolute atomic E-state index is 13.0. The molecule has 0 aliphatic heterocycles. The van der Waals surface area contributed by atoms with E-state index in [1.807, 2.05) is 91.0 Å². The third-order valence-electron chi connectivity index (χ3n) is 3.80. The molecule has 0 unspecified atom stereocenters. The molecule has 0 bridgehead atoms. The van der Waals surface area contributed by atoms with Crippen LogP contribution in [-0.4, -0.2) is 13.0 Å². The Bertz CT molecular complexity index is 871. The molecular weight excluding hydrogens is 310 g/mol. The van der Waals surface area contributed by atoms with Crippen LogP contribution in [0.25, 0.3) is 11.6 Å². The van der Waals surface area contributed by atoms with Gasteiger partial charge in [0, 0.05) is 5.57 Å². The minimum absolute atomic E-state index is 0.181. The van der Waals surface area contributed by atoms with Crippen molar-refractivity contribution in [3.8, 4) is 5.75 Å². The number of methoxy groups -OCH3 is 1. The molecule has 0 atom stereocenters. The summed E-state index contributed by atoms with van der Waals surface area (Å²) in [5.74, 6) is 0.447. The van der Waals surface area contributed by atoms with Gasteiger partial charge in [-0.25, -0.2) is 0 Å². The zero-order chi connectivity index (χ0) is 17.5. The summed E-state index contributed by atoms with van der Waals surface area (Å²) in [6.45, 7) is 0. The zero-order valence-electron chi connectivity index (χ0n) is 14.0. The van der Waals surface area contributed by atoms with Gasteiger partial charge in [-0.05, 0) is 29.3 Å². The first-order valence-electron chi connectivity index (χ1n) is 8.04. The molecule has 0 radical (unpaired) electrons. The van der Waals surface area contributed by atoms with E-state index in [-0.39, 0.29) is 5.91 Å². The molecule has 0 fully saturated rings. The molecule has 0 heterocycles. The van der Waals surface area contributed by atoms with E-state index in [0.29, 0.717) is 17.0 Å². The molecule has 0 aliphatic carbocycles. The van der Waals surface area contributed by atoms with Gasteiger partial charge in [0.05, 0.1) is 12.8 Å². The van der Waals surface area contributed by atoms with Gasteiger partial charge in [0.25, 0.3) is 5.91 Å². The van der Waals surface area contributed by atoms with Crippen LogP contribution >= 0.6 is 0 Å². The van der Waals surface area contributed by atoms with Gasteiger partial charge in [-0.3, -0.25) is 4.79 Å². The van der Waals surface area contributed by atoms with Crippen molar-refractivity contribution >= 4 is 23.2 Å². The van der Waals surface area contributed by atoms with Crippen molar-refractivity contribution in [1.29, 1.82) is 0 Å². The topological polar surface area (TPSA) is 38.3 Å². The van der Waals surface area contributed by atoms with Gasteiger partial charge in [0.1, 0.15) is 5.75 Å². The van der Waals surface area contributed by atoms with Gasteiger partial charge in [0.2, 0.25) is 0 Å². The maximum Gasteiger partial charge on any atom is 0.256 e. The minimum atomic E-state index is -0.181. The normalized spacial score (nSPS) is 11.0. The van der Waals surface area contributed by atoms with E-state index in [9.17, 15) is 4.79 Å². The largest absolute Gasteiger partial charge is 0.495 e. The lowest BCUT2D eigenvalue weighted by atomic mass is 10.0. The molecule has 0 saturated carbocycles. The van der Waals surface area contributed by atoms with Crippen molar-refractivity contribution in [2.75, 3.05) is 12.4 Å². The second-order valence-electron chi connectivity index (χ2n) is 5.49. The van der Waals surface area contributed by atoms with Crippen molar-refractivity contribution < 1.29 is 9.53 Å². The lowest BCUT2D eigenvalue weighted by molar-refractivity contribution is -0.111. The number of carbonyl (C=O) groups is 1. The minimum Gasteiger partial charge on any atom is -0.495 e. The highest BCUT2D eigenvalue weighted by Crippen LogP contribution is 2.26. The molecule has 1 N–H and O–H groups in total. The average Bonchev–Trinajstić information content (AvgIpc) is 2.68. The van der Waals surface area contributed by atoms with E-state index in [4.69, 9.17) is 4.74 Å². The summed E-state index contributed by atoms with van der Waals surface area (Å²) in [6.07, 6.45) is 1.89. The van der Waals surface area contributed by atoms with Crippen LogP contribution in [0, 0.1) is 0 Å². The summed E-state index contributed by atoms with van der Waals surface area (Å²) in [5, 5.41) is 2.95. The highest BCUT2D eigenvalue weighted by atomic mass is 16.5. The van der Waals surface area contributed by atoms with Crippen LogP contribution in [0.5, 0.6) is 5.75 Å². The Hall–Kier alpha value is -3.33. The van der Waals surface area contributed by atoms with Crippen LogP contribution in [0.1, 0.15) is 11.1 Å². The predicted molar refractivity (Wildman–Crippen MR) is 102 cm³/mol. The molecule has 0 spiro atoms. The molecule has 124 valence electrons. The number of hydrogen-bond donors (Lipinski definition) is 1. The Kier molecular flexibility index (Phi) is 5.27. The number of amides is 1. The standard InChI is InChI=1S/C22H19NO2/c1-25-21-15-9-8-14-20(21)23-22(24)19(18-12-6-3-7-13-18)16-17-10-4-2-5-11-17/h2-16H,1H3,(H,23,24)/b19-16+. The van der Waals surface area contributed by atoms with Crippen molar-refractivity contribution in [1.82, 2.24) is 0 Å². The summed E-state index contributed by atoms with van der Waals surface area (Å²) in [4.78, 5) is 13.0. The number of carbonyl (C=O) groups excluding carboxylic acids is 1. The van der Waals surface area contributed by atoms with Crippen molar-refractivity contribution in [2.24, 2.45) is 0 Å². The number of benzene rings is 3. The quantitative estimate of drug-likeness (QED) is 0.535. The van der Waals surface area contributed by atoms with Crippen molar-refractivity contribution in [3.63, 3.8) is 0 Å². The molecule has 3 nitrogen and oxygen atoms in total. The number of anilines is 1. The van der Waals surface area contributed by atoms with Crippen LogP contribution in [0.4, 0.5) is 5.69 Å². The van der Waals surface area contributed by atoms with Crippen LogP contribution in [0.15, 0.2) is 84.9 Å². The van der Waals surface area contributed by atoms with Crippen molar-refractivity contribution in [2.45, 2.75) is 0 Å². The fourth-order valence-electron chi connectivity index (χ4n) is 2.55. The average molecular weight is 329 g/mol. The van der Waals surface area contributed by atoms with Gasteiger partial charge >= 0.3 is 0 Å². The summed E-state index contributed by atoms with van der Waals surface area (Å²) < 4.78 is 5.32. The number of rotatable bonds is 5.